The van der Waals surface area contributed by atoms with Crippen LogP contribution in [0.15, 0.2) is 12.1 Å². The zero-order valence-corrected chi connectivity index (χ0v) is 14.1. The van der Waals surface area contributed by atoms with Crippen LogP contribution in [0.2, 0.25) is 0 Å². The Bertz CT molecular complexity index is 468. The lowest BCUT2D eigenvalue weighted by Gasteiger charge is -2.24. The molecular weight excluding hydrogens is 262 g/mol. The number of hydrogen-bond donors (Lipinski definition) is 1. The van der Waals surface area contributed by atoms with Crippen LogP contribution >= 0.6 is 0 Å². The van der Waals surface area contributed by atoms with Gasteiger partial charge in [0.15, 0.2) is 0 Å². The normalized spacial score (nSPS) is 19.3. The van der Waals surface area contributed by atoms with Crippen LogP contribution in [0.25, 0.3) is 0 Å². The minimum absolute atomic E-state index is 0.0736. The molecule has 0 spiro atoms. The first kappa shape index (κ1) is 16.2. The maximum absolute atomic E-state index is 5.29. The van der Waals surface area contributed by atoms with Crippen molar-refractivity contribution in [3.8, 4) is 0 Å². The first-order chi connectivity index (χ1) is 9.94. The molecule has 1 fully saturated rings. The van der Waals surface area contributed by atoms with E-state index in [-0.39, 0.29) is 5.41 Å². The molecule has 2 rings (SSSR count). The summed E-state index contributed by atoms with van der Waals surface area (Å²) in [6.45, 7) is 10.5. The van der Waals surface area contributed by atoms with Crippen molar-refractivity contribution in [2.24, 2.45) is 5.92 Å². The van der Waals surface area contributed by atoms with Gasteiger partial charge in [0.25, 0.3) is 0 Å². The molecule has 0 amide bonds. The Morgan fingerprint density at radius 3 is 2.76 bits per heavy atom. The number of pyridine rings is 1. The van der Waals surface area contributed by atoms with Gasteiger partial charge in [0.2, 0.25) is 0 Å². The average molecular weight is 291 g/mol. The minimum atomic E-state index is 0.0736. The van der Waals surface area contributed by atoms with Crippen LogP contribution in [0.3, 0.4) is 0 Å². The van der Waals surface area contributed by atoms with Crippen LogP contribution in [0.5, 0.6) is 0 Å². The van der Waals surface area contributed by atoms with Crippen LogP contribution in [0.4, 0.5) is 5.82 Å². The van der Waals surface area contributed by atoms with Crippen molar-refractivity contribution < 1.29 is 4.74 Å². The molecule has 21 heavy (non-hydrogen) atoms. The zero-order chi connectivity index (χ0) is 15.5. The Balaban J connectivity index is 2.24. The molecular formula is C17H29N3O. The summed E-state index contributed by atoms with van der Waals surface area (Å²) < 4.78 is 5.29. The van der Waals surface area contributed by atoms with E-state index >= 15 is 0 Å². The number of nitrogens with one attached hydrogen (secondary N) is 1. The summed E-state index contributed by atoms with van der Waals surface area (Å²) in [6, 6.07) is 4.45. The van der Waals surface area contributed by atoms with Gasteiger partial charge in [0, 0.05) is 43.8 Å². The van der Waals surface area contributed by atoms with Crippen molar-refractivity contribution in [1.82, 2.24) is 10.3 Å². The van der Waals surface area contributed by atoms with E-state index in [4.69, 9.17) is 9.72 Å². The molecule has 1 atom stereocenters. The molecule has 1 aromatic rings. The molecule has 4 nitrogen and oxygen atoms in total. The van der Waals surface area contributed by atoms with Gasteiger partial charge in [-0.3, -0.25) is 0 Å². The lowest BCUT2D eigenvalue weighted by Crippen LogP contribution is -2.24. The number of hydrogen-bond acceptors (Lipinski definition) is 4. The lowest BCUT2D eigenvalue weighted by atomic mass is 9.90. The Kier molecular flexibility index (Phi) is 5.22. The largest absolute Gasteiger partial charge is 0.384 e. The summed E-state index contributed by atoms with van der Waals surface area (Å²) >= 11 is 0. The van der Waals surface area contributed by atoms with Crippen molar-refractivity contribution in [1.29, 1.82) is 0 Å². The van der Waals surface area contributed by atoms with Crippen molar-refractivity contribution in [2.45, 2.75) is 39.2 Å². The summed E-state index contributed by atoms with van der Waals surface area (Å²) in [7, 11) is 3.77. The van der Waals surface area contributed by atoms with Crippen molar-refractivity contribution >= 4 is 5.82 Å². The van der Waals surface area contributed by atoms with E-state index < -0.39 is 0 Å². The predicted molar refractivity (Wildman–Crippen MR) is 87.9 cm³/mol. The monoisotopic (exact) mass is 291 g/mol. The van der Waals surface area contributed by atoms with Gasteiger partial charge in [-0.25, -0.2) is 4.98 Å². The minimum Gasteiger partial charge on any atom is -0.384 e. The van der Waals surface area contributed by atoms with Crippen molar-refractivity contribution in [3.63, 3.8) is 0 Å². The van der Waals surface area contributed by atoms with Gasteiger partial charge < -0.3 is 15.0 Å². The number of methoxy groups -OCH3 is 1. The lowest BCUT2D eigenvalue weighted by molar-refractivity contribution is 0.161. The van der Waals surface area contributed by atoms with Crippen LogP contribution in [0, 0.1) is 5.92 Å². The molecule has 0 aromatic carbocycles. The molecule has 1 aromatic heterocycles. The van der Waals surface area contributed by atoms with Gasteiger partial charge >= 0.3 is 0 Å². The fourth-order valence-electron chi connectivity index (χ4n) is 2.84. The average Bonchev–Trinajstić information content (AvgIpc) is 2.87. The fourth-order valence-corrected chi connectivity index (χ4v) is 2.84. The molecule has 0 bridgehead atoms. The highest BCUT2D eigenvalue weighted by Crippen LogP contribution is 2.28. The first-order valence-electron chi connectivity index (χ1n) is 7.84. The maximum Gasteiger partial charge on any atom is 0.129 e. The van der Waals surface area contributed by atoms with Gasteiger partial charge in [-0.15, -0.1) is 0 Å². The van der Waals surface area contributed by atoms with E-state index in [0.717, 1.165) is 32.1 Å². The number of anilines is 1. The second-order valence-corrected chi connectivity index (χ2v) is 7.06. The molecule has 0 aliphatic carbocycles. The summed E-state index contributed by atoms with van der Waals surface area (Å²) in [5.41, 5.74) is 2.55. The second kappa shape index (κ2) is 6.75. The van der Waals surface area contributed by atoms with Crippen molar-refractivity contribution in [3.05, 3.63) is 23.4 Å². The maximum atomic E-state index is 5.29. The van der Waals surface area contributed by atoms with Crippen LogP contribution in [-0.2, 0) is 16.7 Å². The van der Waals surface area contributed by atoms with Gasteiger partial charge in [-0.1, -0.05) is 20.8 Å². The summed E-state index contributed by atoms with van der Waals surface area (Å²) in [4.78, 5) is 7.32. The fraction of sp³-hybridized carbons (Fsp3) is 0.706. The Hall–Kier alpha value is -1.13. The summed E-state index contributed by atoms with van der Waals surface area (Å²) in [5.74, 6) is 1.74. The first-order valence-corrected chi connectivity index (χ1v) is 7.84. The van der Waals surface area contributed by atoms with Gasteiger partial charge in [0.05, 0.1) is 6.61 Å². The molecule has 118 valence electrons. The predicted octanol–water partition coefficient (Wildman–Crippen LogP) is 2.57. The number of ether oxygens (including phenoxy) is 1. The van der Waals surface area contributed by atoms with Gasteiger partial charge in [-0.2, -0.15) is 0 Å². The van der Waals surface area contributed by atoms with E-state index in [0.29, 0.717) is 5.92 Å². The highest BCUT2D eigenvalue weighted by Gasteiger charge is 2.25. The third kappa shape index (κ3) is 4.17. The molecule has 1 saturated heterocycles. The van der Waals surface area contributed by atoms with E-state index in [2.05, 4.69) is 43.1 Å². The van der Waals surface area contributed by atoms with E-state index in [1.54, 1.807) is 7.11 Å². The highest BCUT2D eigenvalue weighted by atomic mass is 16.5. The molecule has 1 N–H and O–H groups in total. The molecule has 0 saturated carbocycles. The molecule has 1 aliphatic rings. The Morgan fingerprint density at radius 2 is 2.14 bits per heavy atom. The smallest absolute Gasteiger partial charge is 0.129 e. The Morgan fingerprint density at radius 1 is 1.38 bits per heavy atom. The third-order valence-corrected chi connectivity index (χ3v) is 4.03. The van der Waals surface area contributed by atoms with Gasteiger partial charge in [0.1, 0.15) is 5.82 Å². The van der Waals surface area contributed by atoms with E-state index in [1.807, 2.05) is 7.05 Å². The summed E-state index contributed by atoms with van der Waals surface area (Å²) in [6.07, 6.45) is 1.19. The number of aromatic nitrogens is 1. The molecule has 1 unspecified atom stereocenters. The van der Waals surface area contributed by atoms with Crippen LogP contribution < -0.4 is 10.2 Å². The molecule has 1 aliphatic heterocycles. The second-order valence-electron chi connectivity index (χ2n) is 7.06. The standard InChI is InChI=1S/C17H29N3O/c1-17(2,3)15-8-14(10-18-4)9-16(19-15)20-7-6-13(11-20)12-21-5/h8-9,13,18H,6-7,10-12H2,1-5H3. The molecule has 2 heterocycles. The number of nitrogens with zero attached hydrogens (tertiary/aromatic N) is 2. The zero-order valence-electron chi connectivity index (χ0n) is 14.1. The quantitative estimate of drug-likeness (QED) is 0.905. The van der Waals surface area contributed by atoms with Crippen LogP contribution in [0.1, 0.15) is 38.4 Å². The Labute approximate surface area is 128 Å². The topological polar surface area (TPSA) is 37.4 Å². The number of rotatable bonds is 5. The van der Waals surface area contributed by atoms with Crippen LogP contribution in [-0.4, -0.2) is 38.8 Å². The molecule has 4 heteroatoms. The molecule has 0 radical (unpaired) electrons. The highest BCUT2D eigenvalue weighted by molar-refractivity contribution is 5.45. The van der Waals surface area contributed by atoms with E-state index in [1.165, 1.54) is 17.7 Å². The van der Waals surface area contributed by atoms with E-state index in [9.17, 15) is 0 Å². The summed E-state index contributed by atoms with van der Waals surface area (Å²) in [5, 5.41) is 3.24. The van der Waals surface area contributed by atoms with Crippen molar-refractivity contribution in [2.75, 3.05) is 38.8 Å². The van der Waals surface area contributed by atoms with Gasteiger partial charge in [-0.05, 0) is 31.2 Å². The SMILES string of the molecule is CNCc1cc(N2CCC(COC)C2)nc(C(C)(C)C)c1. The third-order valence-electron chi connectivity index (χ3n) is 4.03.